The van der Waals surface area contributed by atoms with Crippen molar-refractivity contribution in [3.63, 3.8) is 0 Å². The minimum atomic E-state index is -0.0807. The zero-order valence-electron chi connectivity index (χ0n) is 10.8. The van der Waals surface area contributed by atoms with E-state index >= 15 is 0 Å². The van der Waals surface area contributed by atoms with Gasteiger partial charge >= 0.3 is 0 Å². The van der Waals surface area contributed by atoms with Crippen LogP contribution in [0.2, 0.25) is 0 Å². The Kier molecular flexibility index (Phi) is 3.71. The zero-order chi connectivity index (χ0) is 13.8. The van der Waals surface area contributed by atoms with Gasteiger partial charge in [-0.3, -0.25) is 4.79 Å². The molecule has 1 amide bonds. The van der Waals surface area contributed by atoms with Crippen molar-refractivity contribution in [2.24, 2.45) is 5.16 Å². The SMILES string of the molecule is C#CCO/N=C(\C)c1ccc2c(c1)N(C)C(=O)CO2. The van der Waals surface area contributed by atoms with Crippen LogP contribution in [0.25, 0.3) is 0 Å². The van der Waals surface area contributed by atoms with Crippen molar-refractivity contribution in [3.8, 4) is 18.1 Å². The van der Waals surface area contributed by atoms with Crippen LogP contribution in [0.5, 0.6) is 5.75 Å². The normalized spacial score (nSPS) is 14.5. The summed E-state index contributed by atoms with van der Waals surface area (Å²) in [6, 6.07) is 5.51. The summed E-state index contributed by atoms with van der Waals surface area (Å²) in [7, 11) is 1.72. The minimum Gasteiger partial charge on any atom is -0.482 e. The molecule has 2 rings (SSSR count). The van der Waals surface area contributed by atoms with Crippen LogP contribution in [-0.2, 0) is 9.63 Å². The Bertz CT molecular complexity index is 573. The minimum absolute atomic E-state index is 0.0706. The number of oxime groups is 1. The number of nitrogens with zero attached hydrogens (tertiary/aromatic N) is 2. The molecule has 1 aromatic carbocycles. The van der Waals surface area contributed by atoms with Crippen molar-refractivity contribution in [2.45, 2.75) is 6.92 Å². The highest BCUT2D eigenvalue weighted by Crippen LogP contribution is 2.32. The van der Waals surface area contributed by atoms with Crippen LogP contribution >= 0.6 is 0 Å². The lowest BCUT2D eigenvalue weighted by Crippen LogP contribution is -2.35. The van der Waals surface area contributed by atoms with Crippen LogP contribution in [0.1, 0.15) is 12.5 Å². The summed E-state index contributed by atoms with van der Waals surface area (Å²) < 4.78 is 5.35. The summed E-state index contributed by atoms with van der Waals surface area (Å²) in [5.74, 6) is 2.94. The summed E-state index contributed by atoms with van der Waals surface area (Å²) >= 11 is 0. The summed E-state index contributed by atoms with van der Waals surface area (Å²) in [6.45, 7) is 2.01. The Morgan fingerprint density at radius 1 is 1.63 bits per heavy atom. The topological polar surface area (TPSA) is 51.1 Å². The lowest BCUT2D eigenvalue weighted by molar-refractivity contribution is -0.120. The van der Waals surface area contributed by atoms with E-state index in [4.69, 9.17) is 16.0 Å². The lowest BCUT2D eigenvalue weighted by atomic mass is 10.1. The van der Waals surface area contributed by atoms with Gasteiger partial charge in [-0.25, -0.2) is 0 Å². The Morgan fingerprint density at radius 2 is 2.42 bits per heavy atom. The fraction of sp³-hybridized carbons (Fsp3) is 0.286. The molecule has 0 radical (unpaired) electrons. The van der Waals surface area contributed by atoms with E-state index in [9.17, 15) is 4.79 Å². The van der Waals surface area contributed by atoms with E-state index in [-0.39, 0.29) is 19.1 Å². The van der Waals surface area contributed by atoms with E-state index in [1.807, 2.05) is 25.1 Å². The standard InChI is InChI=1S/C14H14N2O3/c1-4-7-19-15-10(2)11-5-6-13-12(8-11)16(3)14(17)9-18-13/h1,5-6,8H,7,9H2,2-3H3/b15-10+. The van der Waals surface area contributed by atoms with Crippen LogP contribution in [0.3, 0.4) is 0 Å². The van der Waals surface area contributed by atoms with Crippen LogP contribution in [0, 0.1) is 12.3 Å². The van der Waals surface area contributed by atoms with Crippen molar-refractivity contribution >= 4 is 17.3 Å². The highest BCUT2D eigenvalue weighted by atomic mass is 16.6. The molecule has 1 heterocycles. The van der Waals surface area contributed by atoms with Crippen molar-refractivity contribution in [1.29, 1.82) is 0 Å². The number of anilines is 1. The summed E-state index contributed by atoms with van der Waals surface area (Å²) in [5.41, 5.74) is 2.26. The Hall–Kier alpha value is -2.48. The first-order valence-corrected chi connectivity index (χ1v) is 5.77. The van der Waals surface area contributed by atoms with E-state index in [1.54, 1.807) is 11.9 Å². The number of rotatable bonds is 3. The third-order valence-electron chi connectivity index (χ3n) is 2.81. The molecule has 0 aliphatic carbocycles. The predicted octanol–water partition coefficient (Wildman–Crippen LogP) is 1.42. The fourth-order valence-corrected chi connectivity index (χ4v) is 1.72. The van der Waals surface area contributed by atoms with E-state index in [0.717, 1.165) is 11.3 Å². The Balaban J connectivity index is 2.28. The van der Waals surface area contributed by atoms with Gasteiger partial charge in [0.05, 0.1) is 11.4 Å². The van der Waals surface area contributed by atoms with Crippen molar-refractivity contribution < 1.29 is 14.4 Å². The third-order valence-corrected chi connectivity index (χ3v) is 2.81. The number of terminal acetylenes is 1. The predicted molar refractivity (Wildman–Crippen MR) is 72.3 cm³/mol. The maximum absolute atomic E-state index is 11.6. The number of ether oxygens (including phenoxy) is 1. The number of hydrogen-bond donors (Lipinski definition) is 0. The third kappa shape index (κ3) is 2.68. The Morgan fingerprint density at radius 3 is 3.16 bits per heavy atom. The fourth-order valence-electron chi connectivity index (χ4n) is 1.72. The quantitative estimate of drug-likeness (QED) is 0.356. The lowest BCUT2D eigenvalue weighted by Gasteiger charge is -2.26. The van der Waals surface area contributed by atoms with Crippen LogP contribution in [0.15, 0.2) is 23.4 Å². The van der Waals surface area contributed by atoms with Gasteiger partial charge in [0.1, 0.15) is 5.75 Å². The first kappa shape index (κ1) is 13.0. The number of carbonyl (C=O) groups excluding carboxylic acids is 1. The molecule has 0 N–H and O–H groups in total. The first-order valence-electron chi connectivity index (χ1n) is 5.77. The van der Waals surface area contributed by atoms with Crippen molar-refractivity contribution in [1.82, 2.24) is 0 Å². The number of hydrogen-bond acceptors (Lipinski definition) is 4. The average molecular weight is 258 g/mol. The van der Waals surface area contributed by atoms with Gasteiger partial charge in [0.25, 0.3) is 5.91 Å². The molecule has 1 aliphatic rings. The molecule has 0 saturated heterocycles. The first-order chi connectivity index (χ1) is 9.13. The molecular formula is C14H14N2O3. The van der Waals surface area contributed by atoms with Gasteiger partial charge in [0, 0.05) is 12.6 Å². The molecule has 0 fully saturated rings. The molecule has 0 saturated carbocycles. The molecule has 19 heavy (non-hydrogen) atoms. The number of amides is 1. The second kappa shape index (κ2) is 5.44. The highest BCUT2D eigenvalue weighted by Gasteiger charge is 2.22. The van der Waals surface area contributed by atoms with Gasteiger partial charge in [-0.1, -0.05) is 11.1 Å². The van der Waals surface area contributed by atoms with Gasteiger partial charge in [-0.05, 0) is 25.1 Å². The molecule has 5 heteroatoms. The Labute approximate surface area is 111 Å². The largest absolute Gasteiger partial charge is 0.482 e. The van der Waals surface area contributed by atoms with Crippen molar-refractivity contribution in [3.05, 3.63) is 23.8 Å². The molecular weight excluding hydrogens is 244 g/mol. The second-order valence-electron chi connectivity index (χ2n) is 4.08. The zero-order valence-corrected chi connectivity index (χ0v) is 10.8. The maximum atomic E-state index is 11.6. The average Bonchev–Trinajstić information content (AvgIpc) is 2.43. The van der Waals surface area contributed by atoms with Gasteiger partial charge in [0.2, 0.25) is 0 Å². The van der Waals surface area contributed by atoms with Gasteiger partial charge in [0.15, 0.2) is 13.2 Å². The summed E-state index contributed by atoms with van der Waals surface area (Å²) in [6.07, 6.45) is 5.07. The summed E-state index contributed by atoms with van der Waals surface area (Å²) in [4.78, 5) is 18.1. The molecule has 1 aliphatic heterocycles. The van der Waals surface area contributed by atoms with Crippen LogP contribution < -0.4 is 9.64 Å². The van der Waals surface area contributed by atoms with E-state index < -0.39 is 0 Å². The highest BCUT2D eigenvalue weighted by molar-refractivity contribution is 6.02. The monoisotopic (exact) mass is 258 g/mol. The van der Waals surface area contributed by atoms with Crippen LogP contribution in [-0.4, -0.2) is 31.9 Å². The van der Waals surface area contributed by atoms with Crippen molar-refractivity contribution in [2.75, 3.05) is 25.2 Å². The molecule has 1 aromatic rings. The van der Waals surface area contributed by atoms with E-state index in [1.165, 1.54) is 0 Å². The van der Waals surface area contributed by atoms with Gasteiger partial charge < -0.3 is 14.5 Å². The van der Waals surface area contributed by atoms with E-state index in [0.29, 0.717) is 11.5 Å². The van der Waals surface area contributed by atoms with E-state index in [2.05, 4.69) is 11.1 Å². The number of benzene rings is 1. The molecule has 98 valence electrons. The number of likely N-dealkylation sites (N-methyl/N-ethyl adjacent to an activating group) is 1. The molecule has 0 bridgehead atoms. The smallest absolute Gasteiger partial charge is 0.264 e. The van der Waals surface area contributed by atoms with Gasteiger partial charge in [-0.15, -0.1) is 6.42 Å². The number of carbonyl (C=O) groups is 1. The number of fused-ring (bicyclic) bond motifs is 1. The molecule has 5 nitrogen and oxygen atoms in total. The second-order valence-corrected chi connectivity index (χ2v) is 4.08. The molecule has 0 unspecified atom stereocenters. The maximum Gasteiger partial charge on any atom is 0.264 e. The van der Waals surface area contributed by atoms with Crippen LogP contribution in [0.4, 0.5) is 5.69 Å². The molecule has 0 aromatic heterocycles. The molecule has 0 atom stereocenters. The summed E-state index contributed by atoms with van der Waals surface area (Å²) in [5, 5.41) is 3.91. The molecule has 0 spiro atoms. The van der Waals surface area contributed by atoms with Gasteiger partial charge in [-0.2, -0.15) is 0 Å².